The first kappa shape index (κ1) is 16.7. The highest BCUT2D eigenvalue weighted by Gasteiger charge is 2.48. The summed E-state index contributed by atoms with van der Waals surface area (Å²) in [7, 11) is -6.74. The van der Waals surface area contributed by atoms with Crippen molar-refractivity contribution in [3.8, 4) is 0 Å². The molecule has 9 heteroatoms. The lowest BCUT2D eigenvalue weighted by molar-refractivity contribution is -0.148. The summed E-state index contributed by atoms with van der Waals surface area (Å²) in [6.45, 7) is 1.94. The number of carbonyl (C=O) groups is 1. The molecule has 0 aromatic heterocycles. The Kier molecular flexibility index (Phi) is 4.38. The topological polar surface area (TPSA) is 109 Å². The van der Waals surface area contributed by atoms with Crippen LogP contribution in [-0.2, 0) is 24.7 Å². The van der Waals surface area contributed by atoms with Crippen LogP contribution in [0.2, 0.25) is 0 Å². The van der Waals surface area contributed by atoms with E-state index in [4.69, 9.17) is 0 Å². The second kappa shape index (κ2) is 5.51. The maximum absolute atomic E-state index is 12.6. The molecule has 0 saturated carbocycles. The molecule has 21 heavy (non-hydrogen) atoms. The number of nitrogens with zero attached hydrogens (tertiary/aromatic N) is 1. The van der Waals surface area contributed by atoms with Crippen molar-refractivity contribution < 1.29 is 26.7 Å². The number of aliphatic carboxylic acids is 1. The third-order valence-corrected chi connectivity index (χ3v) is 8.79. The molecule has 2 saturated heterocycles. The van der Waals surface area contributed by atoms with E-state index < -0.39 is 36.5 Å². The van der Waals surface area contributed by atoms with Gasteiger partial charge in [0.15, 0.2) is 0 Å². The zero-order valence-electron chi connectivity index (χ0n) is 12.0. The molecule has 0 aliphatic carbocycles. The Labute approximate surface area is 125 Å². The zero-order chi connectivity index (χ0) is 15.9. The maximum Gasteiger partial charge on any atom is 0.311 e. The van der Waals surface area contributed by atoms with E-state index in [1.165, 1.54) is 4.31 Å². The van der Waals surface area contributed by atoms with Crippen molar-refractivity contribution in [1.29, 1.82) is 0 Å². The smallest absolute Gasteiger partial charge is 0.311 e. The molecule has 122 valence electrons. The van der Waals surface area contributed by atoms with Crippen molar-refractivity contribution in [1.82, 2.24) is 4.31 Å². The van der Waals surface area contributed by atoms with Crippen molar-refractivity contribution in [3.63, 3.8) is 0 Å². The van der Waals surface area contributed by atoms with Gasteiger partial charge in [-0.3, -0.25) is 4.79 Å². The molecule has 2 aliphatic rings. The van der Waals surface area contributed by atoms with Gasteiger partial charge in [-0.15, -0.1) is 0 Å². The first-order valence-corrected chi connectivity index (χ1v) is 10.4. The first-order chi connectivity index (χ1) is 9.63. The van der Waals surface area contributed by atoms with E-state index in [0.29, 0.717) is 12.8 Å². The van der Waals surface area contributed by atoms with Crippen LogP contribution in [0.15, 0.2) is 0 Å². The fraction of sp³-hybridized carbons (Fsp3) is 0.917. The lowest BCUT2D eigenvalue weighted by Gasteiger charge is -2.28. The summed E-state index contributed by atoms with van der Waals surface area (Å²) >= 11 is 0. The van der Waals surface area contributed by atoms with Gasteiger partial charge in [0, 0.05) is 13.1 Å². The molecule has 1 unspecified atom stereocenters. The van der Waals surface area contributed by atoms with Crippen LogP contribution in [-0.4, -0.2) is 62.1 Å². The molecule has 2 fully saturated rings. The van der Waals surface area contributed by atoms with Crippen LogP contribution in [0.1, 0.15) is 32.6 Å². The van der Waals surface area contributed by atoms with Crippen LogP contribution in [0.5, 0.6) is 0 Å². The highest BCUT2D eigenvalue weighted by atomic mass is 32.2. The summed E-state index contributed by atoms with van der Waals surface area (Å²) in [5, 5.41) is 8.62. The molecule has 2 heterocycles. The maximum atomic E-state index is 12.6. The molecule has 1 N–H and O–H groups in total. The van der Waals surface area contributed by atoms with Gasteiger partial charge in [-0.2, -0.15) is 0 Å². The van der Waals surface area contributed by atoms with E-state index in [1.807, 2.05) is 0 Å². The first-order valence-electron chi connectivity index (χ1n) is 7.06. The second-order valence-electron chi connectivity index (χ2n) is 5.92. The highest BCUT2D eigenvalue weighted by Crippen LogP contribution is 2.37. The molecule has 0 aromatic rings. The third-order valence-electron chi connectivity index (χ3n) is 4.73. The molecule has 2 rings (SSSR count). The van der Waals surface area contributed by atoms with E-state index in [2.05, 4.69) is 0 Å². The lowest BCUT2D eigenvalue weighted by Crippen LogP contribution is -2.43. The van der Waals surface area contributed by atoms with Gasteiger partial charge in [-0.1, -0.05) is 6.92 Å². The lowest BCUT2D eigenvalue weighted by atomic mass is 9.85. The van der Waals surface area contributed by atoms with Crippen LogP contribution in [0.3, 0.4) is 0 Å². The van der Waals surface area contributed by atoms with Gasteiger partial charge >= 0.3 is 5.97 Å². The number of carboxylic acid groups (broad SMARTS) is 1. The van der Waals surface area contributed by atoms with Gasteiger partial charge in [-0.25, -0.2) is 21.1 Å². The molecule has 0 radical (unpaired) electrons. The fourth-order valence-corrected chi connectivity index (χ4v) is 6.86. The molecular weight excluding hydrogens is 318 g/mol. The van der Waals surface area contributed by atoms with Crippen molar-refractivity contribution in [3.05, 3.63) is 0 Å². The Hall–Kier alpha value is -0.670. The minimum atomic E-state index is -3.62. The van der Waals surface area contributed by atoms with Gasteiger partial charge in [0.05, 0.1) is 22.2 Å². The minimum absolute atomic E-state index is 0.00951. The molecule has 7 nitrogen and oxygen atoms in total. The number of hydrogen-bond acceptors (Lipinski definition) is 5. The van der Waals surface area contributed by atoms with E-state index in [0.717, 1.165) is 0 Å². The normalized spacial score (nSPS) is 31.3. The van der Waals surface area contributed by atoms with Crippen LogP contribution >= 0.6 is 0 Å². The average Bonchev–Trinajstić information content (AvgIpc) is 2.84. The van der Waals surface area contributed by atoms with Gasteiger partial charge in [0.25, 0.3) is 0 Å². The van der Waals surface area contributed by atoms with Crippen LogP contribution < -0.4 is 0 Å². The highest BCUT2D eigenvalue weighted by molar-refractivity contribution is 7.92. The number of rotatable bonds is 4. The Balaban J connectivity index is 2.14. The number of hydrogen-bond donors (Lipinski definition) is 1. The summed E-state index contributed by atoms with van der Waals surface area (Å²) < 4.78 is 49.2. The average molecular weight is 339 g/mol. The van der Waals surface area contributed by atoms with Crippen molar-refractivity contribution in [2.75, 3.05) is 24.6 Å². The summed E-state index contributed by atoms with van der Waals surface area (Å²) in [5.41, 5.74) is -1.01. The summed E-state index contributed by atoms with van der Waals surface area (Å²) in [6, 6.07) is 0. The predicted molar refractivity (Wildman–Crippen MR) is 77.1 cm³/mol. The van der Waals surface area contributed by atoms with Crippen molar-refractivity contribution in [2.24, 2.45) is 5.41 Å². The number of sulfone groups is 1. The Morgan fingerprint density at radius 3 is 2.33 bits per heavy atom. The zero-order valence-corrected chi connectivity index (χ0v) is 13.6. The molecule has 0 amide bonds. The van der Waals surface area contributed by atoms with Crippen LogP contribution in [0, 0.1) is 5.41 Å². The molecule has 0 aromatic carbocycles. The minimum Gasteiger partial charge on any atom is -0.481 e. The van der Waals surface area contributed by atoms with Gasteiger partial charge in [-0.05, 0) is 25.7 Å². The molecule has 0 bridgehead atoms. The standard InChI is InChI=1S/C12H21NO6S2/c1-2-12(11(14)15)5-6-13(9-12)21(18,19)10-3-7-20(16,17)8-4-10/h10H,2-9H2,1H3,(H,14,15). The third kappa shape index (κ3) is 3.09. The molecule has 0 spiro atoms. The van der Waals surface area contributed by atoms with E-state index >= 15 is 0 Å². The summed E-state index contributed by atoms with van der Waals surface area (Å²) in [6.07, 6.45) is 0.900. The Morgan fingerprint density at radius 2 is 1.90 bits per heavy atom. The quantitative estimate of drug-likeness (QED) is 0.777. The summed E-state index contributed by atoms with van der Waals surface area (Å²) in [5.74, 6) is -1.18. The van der Waals surface area contributed by atoms with Crippen molar-refractivity contribution in [2.45, 2.75) is 37.9 Å². The summed E-state index contributed by atoms with van der Waals surface area (Å²) in [4.78, 5) is 11.4. The second-order valence-corrected chi connectivity index (χ2v) is 10.4. The molecule has 2 aliphatic heterocycles. The largest absolute Gasteiger partial charge is 0.481 e. The van der Waals surface area contributed by atoms with E-state index in [1.54, 1.807) is 6.92 Å². The van der Waals surface area contributed by atoms with Gasteiger partial charge in [0.1, 0.15) is 9.84 Å². The van der Waals surface area contributed by atoms with Crippen LogP contribution in [0.25, 0.3) is 0 Å². The van der Waals surface area contributed by atoms with Crippen molar-refractivity contribution >= 4 is 25.8 Å². The van der Waals surface area contributed by atoms with Gasteiger partial charge in [0.2, 0.25) is 10.0 Å². The predicted octanol–water partition coefficient (Wildman–Crippen LogP) is 0.0801. The molecule has 1 atom stereocenters. The fourth-order valence-electron chi connectivity index (χ4n) is 3.04. The Bertz CT molecular complexity index is 612. The van der Waals surface area contributed by atoms with Crippen LogP contribution in [0.4, 0.5) is 0 Å². The number of carboxylic acids is 1. The number of sulfonamides is 1. The monoisotopic (exact) mass is 339 g/mol. The SMILES string of the molecule is CCC1(C(=O)O)CCN(S(=O)(=O)C2CCS(=O)(=O)CC2)C1. The van der Waals surface area contributed by atoms with E-state index in [9.17, 15) is 26.7 Å². The molecular formula is C12H21NO6S2. The van der Waals surface area contributed by atoms with Gasteiger partial charge < -0.3 is 5.11 Å². The van der Waals surface area contributed by atoms with E-state index in [-0.39, 0.29) is 37.4 Å². The Morgan fingerprint density at radius 1 is 1.33 bits per heavy atom.